The third kappa shape index (κ3) is 2.09. The largest absolute Gasteiger partial charge is 0.507 e. The number of aliphatic carboxylic acids is 1. The van der Waals surface area contributed by atoms with Gasteiger partial charge in [-0.2, -0.15) is 0 Å². The Morgan fingerprint density at radius 3 is 2.76 bits per heavy atom. The van der Waals surface area contributed by atoms with Crippen molar-refractivity contribution in [3.05, 3.63) is 34.4 Å². The molecule has 6 heteroatoms. The number of carboxylic acid groups (broad SMARTS) is 1. The summed E-state index contributed by atoms with van der Waals surface area (Å²) in [5, 5.41) is 21.6. The number of amides is 1. The van der Waals surface area contributed by atoms with Gasteiger partial charge in [0.1, 0.15) is 5.76 Å². The molecule has 2 rings (SSSR count). The third-order valence-corrected chi connectivity index (χ3v) is 2.63. The van der Waals surface area contributed by atoms with Gasteiger partial charge in [-0.25, -0.2) is 4.79 Å². The normalized spacial score (nSPS) is 15.0. The van der Waals surface area contributed by atoms with Crippen LogP contribution in [0.15, 0.2) is 23.8 Å². The second-order valence-electron chi connectivity index (χ2n) is 3.55. The molecule has 1 heterocycles. The molecule has 0 aromatic heterocycles. The Balaban J connectivity index is 2.67. The molecule has 0 atom stereocenters. The summed E-state index contributed by atoms with van der Waals surface area (Å²) in [6.07, 6.45) is -0.381. The number of benzene rings is 1. The number of fused-ring (bicyclic) bond motifs is 1. The molecule has 0 spiro atoms. The summed E-state index contributed by atoms with van der Waals surface area (Å²) in [5.74, 6) is -2.26. The van der Waals surface area contributed by atoms with E-state index in [4.69, 9.17) is 16.7 Å². The van der Waals surface area contributed by atoms with Gasteiger partial charge in [0.2, 0.25) is 5.91 Å². The highest BCUT2D eigenvalue weighted by Crippen LogP contribution is 2.31. The van der Waals surface area contributed by atoms with Gasteiger partial charge in [0, 0.05) is 10.6 Å². The van der Waals surface area contributed by atoms with E-state index in [9.17, 15) is 14.7 Å². The molecular weight excluding hydrogens is 246 g/mol. The number of aliphatic hydroxyl groups excluding tert-OH is 1. The number of hydrogen-bond donors (Lipinski definition) is 3. The highest BCUT2D eigenvalue weighted by atomic mass is 35.5. The lowest BCUT2D eigenvalue weighted by Gasteiger charge is -2.07. The minimum absolute atomic E-state index is 0.209. The molecule has 0 fully saturated rings. The first-order chi connectivity index (χ1) is 7.99. The molecule has 5 nitrogen and oxygen atoms in total. The molecule has 0 saturated carbocycles. The molecular formula is C11H8ClNO4. The van der Waals surface area contributed by atoms with Gasteiger partial charge in [0.15, 0.2) is 0 Å². The second kappa shape index (κ2) is 4.10. The zero-order chi connectivity index (χ0) is 12.6. The van der Waals surface area contributed by atoms with Crippen molar-refractivity contribution in [2.75, 3.05) is 5.32 Å². The maximum Gasteiger partial charge on any atom is 0.335 e. The van der Waals surface area contributed by atoms with Crippen molar-refractivity contribution in [1.29, 1.82) is 0 Å². The van der Waals surface area contributed by atoms with Gasteiger partial charge in [0.05, 0.1) is 17.7 Å². The molecule has 3 N–H and O–H groups in total. The smallest absolute Gasteiger partial charge is 0.335 e. The summed E-state index contributed by atoms with van der Waals surface area (Å²) in [7, 11) is 0. The van der Waals surface area contributed by atoms with Gasteiger partial charge >= 0.3 is 5.97 Å². The van der Waals surface area contributed by atoms with Crippen LogP contribution in [0, 0.1) is 0 Å². The minimum atomic E-state index is -1.33. The fourth-order valence-electron chi connectivity index (χ4n) is 1.60. The molecule has 17 heavy (non-hydrogen) atoms. The number of aliphatic hydroxyl groups is 1. The van der Waals surface area contributed by atoms with Gasteiger partial charge in [-0.05, 0) is 18.2 Å². The van der Waals surface area contributed by atoms with Crippen LogP contribution in [0.2, 0.25) is 5.02 Å². The topological polar surface area (TPSA) is 86.6 Å². The molecule has 88 valence electrons. The molecule has 1 aliphatic heterocycles. The standard InChI is InChI=1S/C11H8ClNO4/c12-5-1-2-8-6(3-5)10(15)7(11(16)17)4-9(14)13-8/h1-3,15H,4H2,(H,13,14)(H,16,17). The van der Waals surface area contributed by atoms with Crippen LogP contribution in [-0.4, -0.2) is 22.1 Å². The molecule has 0 unspecified atom stereocenters. The van der Waals surface area contributed by atoms with Crippen LogP contribution >= 0.6 is 11.6 Å². The van der Waals surface area contributed by atoms with E-state index in [1.165, 1.54) is 12.1 Å². The number of anilines is 1. The highest BCUT2D eigenvalue weighted by molar-refractivity contribution is 6.31. The van der Waals surface area contributed by atoms with Crippen molar-refractivity contribution in [3.63, 3.8) is 0 Å². The van der Waals surface area contributed by atoms with E-state index in [0.717, 1.165) is 0 Å². The number of carbonyl (C=O) groups is 2. The maximum atomic E-state index is 11.4. The fourth-order valence-corrected chi connectivity index (χ4v) is 1.77. The van der Waals surface area contributed by atoms with Crippen molar-refractivity contribution in [2.45, 2.75) is 6.42 Å². The zero-order valence-corrected chi connectivity index (χ0v) is 9.28. The first-order valence-corrected chi connectivity index (χ1v) is 5.12. The number of carbonyl (C=O) groups excluding carboxylic acids is 1. The highest BCUT2D eigenvalue weighted by Gasteiger charge is 2.25. The van der Waals surface area contributed by atoms with Crippen molar-refractivity contribution in [2.24, 2.45) is 0 Å². The van der Waals surface area contributed by atoms with Crippen LogP contribution in [-0.2, 0) is 9.59 Å². The van der Waals surface area contributed by atoms with Crippen LogP contribution in [0.25, 0.3) is 5.76 Å². The van der Waals surface area contributed by atoms with Crippen LogP contribution in [0.5, 0.6) is 0 Å². The number of rotatable bonds is 1. The summed E-state index contributed by atoms with van der Waals surface area (Å²) in [6, 6.07) is 4.46. The minimum Gasteiger partial charge on any atom is -0.507 e. The Labute approximate surface area is 101 Å². The van der Waals surface area contributed by atoms with E-state index < -0.39 is 17.6 Å². The van der Waals surface area contributed by atoms with E-state index in [1.54, 1.807) is 6.07 Å². The zero-order valence-electron chi connectivity index (χ0n) is 8.53. The Morgan fingerprint density at radius 2 is 2.12 bits per heavy atom. The van der Waals surface area contributed by atoms with Crippen molar-refractivity contribution >= 4 is 34.9 Å². The van der Waals surface area contributed by atoms with Crippen LogP contribution in [0.1, 0.15) is 12.0 Å². The van der Waals surface area contributed by atoms with Crippen LogP contribution in [0.4, 0.5) is 5.69 Å². The van der Waals surface area contributed by atoms with Gasteiger partial charge in [0.25, 0.3) is 0 Å². The lowest BCUT2D eigenvalue weighted by molar-refractivity contribution is -0.133. The molecule has 0 radical (unpaired) electrons. The van der Waals surface area contributed by atoms with Crippen molar-refractivity contribution in [1.82, 2.24) is 0 Å². The van der Waals surface area contributed by atoms with Crippen LogP contribution < -0.4 is 5.32 Å². The maximum absolute atomic E-state index is 11.4. The van der Waals surface area contributed by atoms with E-state index >= 15 is 0 Å². The van der Waals surface area contributed by atoms with Gasteiger partial charge in [-0.3, -0.25) is 4.79 Å². The Bertz CT molecular complexity index is 550. The average molecular weight is 254 g/mol. The van der Waals surface area contributed by atoms with Crippen molar-refractivity contribution < 1.29 is 19.8 Å². The van der Waals surface area contributed by atoms with Gasteiger partial charge in [-0.15, -0.1) is 0 Å². The molecule has 0 aliphatic carbocycles. The summed E-state index contributed by atoms with van der Waals surface area (Å²) < 4.78 is 0. The summed E-state index contributed by atoms with van der Waals surface area (Å²) in [6.45, 7) is 0. The van der Waals surface area contributed by atoms with E-state index in [1.807, 2.05) is 0 Å². The summed E-state index contributed by atoms with van der Waals surface area (Å²) >= 11 is 5.77. The third-order valence-electron chi connectivity index (χ3n) is 2.39. The van der Waals surface area contributed by atoms with E-state index in [2.05, 4.69) is 5.32 Å². The van der Waals surface area contributed by atoms with Gasteiger partial charge < -0.3 is 15.5 Å². The first kappa shape index (κ1) is 11.5. The molecule has 0 bridgehead atoms. The van der Waals surface area contributed by atoms with E-state index in [-0.39, 0.29) is 17.6 Å². The predicted molar refractivity (Wildman–Crippen MR) is 61.9 cm³/mol. The molecule has 1 aliphatic rings. The molecule has 1 amide bonds. The second-order valence-corrected chi connectivity index (χ2v) is 3.98. The van der Waals surface area contributed by atoms with E-state index in [0.29, 0.717) is 10.7 Å². The Kier molecular flexibility index (Phi) is 2.77. The summed E-state index contributed by atoms with van der Waals surface area (Å²) in [5.41, 5.74) is 0.206. The monoisotopic (exact) mass is 253 g/mol. The SMILES string of the molecule is O=C1CC(C(=O)O)=C(O)c2cc(Cl)ccc2N1. The van der Waals surface area contributed by atoms with Crippen LogP contribution in [0.3, 0.4) is 0 Å². The number of nitrogens with one attached hydrogen (secondary N) is 1. The van der Waals surface area contributed by atoms with Gasteiger partial charge in [-0.1, -0.05) is 11.6 Å². The number of halogens is 1. The molecule has 1 aromatic carbocycles. The number of carboxylic acids is 1. The number of hydrogen-bond acceptors (Lipinski definition) is 3. The lowest BCUT2D eigenvalue weighted by atomic mass is 10.1. The quantitative estimate of drug-likeness (QED) is 0.715. The lowest BCUT2D eigenvalue weighted by Crippen LogP contribution is -2.13. The van der Waals surface area contributed by atoms with Crippen molar-refractivity contribution in [3.8, 4) is 0 Å². The fraction of sp³-hybridized carbons (Fsp3) is 0.0909. The Morgan fingerprint density at radius 1 is 1.41 bits per heavy atom. The predicted octanol–water partition coefficient (Wildman–Crippen LogP) is 2.04. The molecule has 0 saturated heterocycles. The Hall–Kier alpha value is -2.01. The molecule has 1 aromatic rings. The average Bonchev–Trinajstić information content (AvgIpc) is 2.38. The summed E-state index contributed by atoms with van der Waals surface area (Å²) in [4.78, 5) is 22.4. The first-order valence-electron chi connectivity index (χ1n) is 4.74.